The second-order valence-corrected chi connectivity index (χ2v) is 4.94. The number of aliphatic hydroxyl groups excluding tert-OH is 1. The Balaban J connectivity index is 2.63. The van der Waals surface area contributed by atoms with E-state index in [1.165, 1.54) is 6.07 Å². The van der Waals surface area contributed by atoms with Gasteiger partial charge >= 0.3 is 0 Å². The Labute approximate surface area is 98.6 Å². The fraction of sp³-hybridized carbons (Fsp3) is 0.455. The lowest BCUT2D eigenvalue weighted by Gasteiger charge is -2.11. The minimum atomic E-state index is -0.538. The van der Waals surface area contributed by atoms with E-state index in [0.29, 0.717) is 16.3 Å². The quantitative estimate of drug-likeness (QED) is 0.864. The van der Waals surface area contributed by atoms with Crippen molar-refractivity contribution in [1.29, 1.82) is 0 Å². The van der Waals surface area contributed by atoms with Crippen LogP contribution in [0.15, 0.2) is 18.2 Å². The smallest absolute Gasteiger partial charge is 0.127 e. The molecule has 4 heteroatoms. The Bertz CT molecular complexity index is 299. The number of hydrogen-bond acceptors (Lipinski definition) is 2. The molecule has 1 aromatic rings. The maximum Gasteiger partial charge on any atom is 0.127 e. The van der Waals surface area contributed by atoms with Crippen LogP contribution >= 0.6 is 23.4 Å². The van der Waals surface area contributed by atoms with Crippen LogP contribution in [0.5, 0.6) is 0 Å². The Morgan fingerprint density at radius 2 is 2.27 bits per heavy atom. The zero-order valence-corrected chi connectivity index (χ0v) is 10.1. The van der Waals surface area contributed by atoms with E-state index in [0.717, 1.165) is 5.75 Å². The number of rotatable bonds is 5. The topological polar surface area (TPSA) is 20.2 Å². The summed E-state index contributed by atoms with van der Waals surface area (Å²) in [5.41, 5.74) is 0.406. The molecule has 0 aliphatic carbocycles. The number of hydrogen-bond donors (Lipinski definition) is 1. The highest BCUT2D eigenvalue weighted by molar-refractivity contribution is 7.99. The maximum atomic E-state index is 13.3. The summed E-state index contributed by atoms with van der Waals surface area (Å²) in [7, 11) is 0. The van der Waals surface area contributed by atoms with Crippen molar-refractivity contribution in [3.63, 3.8) is 0 Å². The predicted octanol–water partition coefficient (Wildman–Crippen LogP) is 3.14. The van der Waals surface area contributed by atoms with Gasteiger partial charge in [-0.15, -0.1) is 0 Å². The summed E-state index contributed by atoms with van der Waals surface area (Å²) in [6.07, 6.45) is -0.261. The molecule has 0 saturated heterocycles. The third-order valence-electron chi connectivity index (χ3n) is 2.02. The molecule has 0 aromatic heterocycles. The van der Waals surface area contributed by atoms with Gasteiger partial charge in [0.15, 0.2) is 0 Å². The van der Waals surface area contributed by atoms with Crippen molar-refractivity contribution in [3.05, 3.63) is 34.6 Å². The lowest BCUT2D eigenvalue weighted by molar-refractivity contribution is 0.199. The second-order valence-electron chi connectivity index (χ2n) is 3.22. The average molecular weight is 249 g/mol. The van der Waals surface area contributed by atoms with Gasteiger partial charge in [0.1, 0.15) is 5.82 Å². The van der Waals surface area contributed by atoms with E-state index in [1.54, 1.807) is 23.9 Å². The lowest BCUT2D eigenvalue weighted by atomic mass is 10.1. The van der Waals surface area contributed by atoms with Gasteiger partial charge in [0.2, 0.25) is 0 Å². The van der Waals surface area contributed by atoms with E-state index in [-0.39, 0.29) is 12.2 Å². The molecule has 0 amide bonds. The van der Waals surface area contributed by atoms with Crippen molar-refractivity contribution in [2.45, 2.75) is 19.4 Å². The predicted molar refractivity (Wildman–Crippen MR) is 64.1 cm³/mol. The SMILES string of the molecule is CCSCC(O)Cc1c(F)cccc1Cl. The third kappa shape index (κ3) is 4.01. The van der Waals surface area contributed by atoms with E-state index < -0.39 is 6.10 Å². The first-order chi connectivity index (χ1) is 7.15. The standard InChI is InChI=1S/C11H14ClFOS/c1-2-15-7-8(14)6-9-10(12)4-3-5-11(9)13/h3-5,8,14H,2,6-7H2,1H3. The first-order valence-corrected chi connectivity index (χ1v) is 6.37. The summed E-state index contributed by atoms with van der Waals surface area (Å²) in [4.78, 5) is 0. The molecule has 1 aromatic carbocycles. The van der Waals surface area contributed by atoms with Crippen LogP contribution in [0.4, 0.5) is 4.39 Å². The van der Waals surface area contributed by atoms with Crippen molar-refractivity contribution in [3.8, 4) is 0 Å². The Morgan fingerprint density at radius 1 is 1.53 bits per heavy atom. The molecule has 0 heterocycles. The van der Waals surface area contributed by atoms with Crippen LogP contribution in [0.1, 0.15) is 12.5 Å². The summed E-state index contributed by atoms with van der Waals surface area (Å²) in [5, 5.41) is 10.0. The van der Waals surface area contributed by atoms with Crippen molar-refractivity contribution >= 4 is 23.4 Å². The highest BCUT2D eigenvalue weighted by Crippen LogP contribution is 2.21. The van der Waals surface area contributed by atoms with Crippen LogP contribution in [0.3, 0.4) is 0 Å². The molecular weight excluding hydrogens is 235 g/mol. The fourth-order valence-corrected chi connectivity index (χ4v) is 2.14. The van der Waals surface area contributed by atoms with E-state index in [2.05, 4.69) is 0 Å². The molecule has 0 spiro atoms. The van der Waals surface area contributed by atoms with E-state index in [4.69, 9.17) is 11.6 Å². The number of aliphatic hydroxyl groups is 1. The summed E-state index contributed by atoms with van der Waals surface area (Å²) >= 11 is 7.48. The Morgan fingerprint density at radius 3 is 2.87 bits per heavy atom. The molecule has 0 aliphatic rings. The Kier molecular flexibility index (Phi) is 5.43. The van der Waals surface area contributed by atoms with E-state index >= 15 is 0 Å². The first-order valence-electron chi connectivity index (χ1n) is 4.83. The molecule has 1 nitrogen and oxygen atoms in total. The molecule has 0 fully saturated rings. The first kappa shape index (κ1) is 12.8. The summed E-state index contributed by atoms with van der Waals surface area (Å²) in [5.74, 6) is 1.21. The summed E-state index contributed by atoms with van der Waals surface area (Å²) in [6, 6.07) is 4.56. The van der Waals surface area contributed by atoms with Gasteiger partial charge < -0.3 is 5.11 Å². The van der Waals surface area contributed by atoms with Crippen LogP contribution in [-0.2, 0) is 6.42 Å². The van der Waals surface area contributed by atoms with Crippen LogP contribution in [0.2, 0.25) is 5.02 Å². The summed E-state index contributed by atoms with van der Waals surface area (Å²) < 4.78 is 13.3. The van der Waals surface area contributed by atoms with Gasteiger partial charge in [-0.05, 0) is 17.9 Å². The largest absolute Gasteiger partial charge is 0.392 e. The maximum absolute atomic E-state index is 13.3. The van der Waals surface area contributed by atoms with Gasteiger partial charge in [-0.25, -0.2) is 4.39 Å². The van der Waals surface area contributed by atoms with Crippen LogP contribution in [0.25, 0.3) is 0 Å². The molecule has 1 rings (SSSR count). The van der Waals surface area contributed by atoms with Gasteiger partial charge in [-0.3, -0.25) is 0 Å². The van der Waals surface area contributed by atoms with Crippen LogP contribution < -0.4 is 0 Å². The molecule has 0 bridgehead atoms. The monoisotopic (exact) mass is 248 g/mol. The average Bonchev–Trinajstić information content (AvgIpc) is 2.21. The molecule has 0 radical (unpaired) electrons. The van der Waals surface area contributed by atoms with Crippen molar-refractivity contribution in [1.82, 2.24) is 0 Å². The van der Waals surface area contributed by atoms with Gasteiger partial charge in [0.05, 0.1) is 6.10 Å². The number of benzene rings is 1. The molecule has 0 aliphatic heterocycles. The van der Waals surface area contributed by atoms with Crippen LogP contribution in [-0.4, -0.2) is 22.7 Å². The number of halogens is 2. The highest BCUT2D eigenvalue weighted by Gasteiger charge is 2.12. The normalized spacial score (nSPS) is 12.8. The Hall–Kier alpha value is -0.250. The van der Waals surface area contributed by atoms with Crippen molar-refractivity contribution in [2.24, 2.45) is 0 Å². The van der Waals surface area contributed by atoms with Gasteiger partial charge in [-0.2, -0.15) is 11.8 Å². The van der Waals surface area contributed by atoms with E-state index in [9.17, 15) is 9.50 Å². The van der Waals surface area contributed by atoms with Gasteiger partial charge in [0.25, 0.3) is 0 Å². The molecule has 0 saturated carbocycles. The molecule has 1 N–H and O–H groups in total. The molecule has 1 atom stereocenters. The lowest BCUT2D eigenvalue weighted by Crippen LogP contribution is -2.15. The molecule has 84 valence electrons. The highest BCUT2D eigenvalue weighted by atomic mass is 35.5. The molecule has 15 heavy (non-hydrogen) atoms. The third-order valence-corrected chi connectivity index (χ3v) is 3.40. The van der Waals surface area contributed by atoms with Crippen LogP contribution in [0, 0.1) is 5.82 Å². The zero-order chi connectivity index (χ0) is 11.3. The fourth-order valence-electron chi connectivity index (χ4n) is 1.28. The summed E-state index contributed by atoms with van der Waals surface area (Å²) in [6.45, 7) is 2.02. The minimum Gasteiger partial charge on any atom is -0.392 e. The van der Waals surface area contributed by atoms with Gasteiger partial charge in [0, 0.05) is 22.8 Å². The van der Waals surface area contributed by atoms with E-state index in [1.807, 2.05) is 6.92 Å². The van der Waals surface area contributed by atoms with Crippen molar-refractivity contribution < 1.29 is 9.50 Å². The molecular formula is C11H14ClFOS. The minimum absolute atomic E-state index is 0.276. The number of thioether (sulfide) groups is 1. The van der Waals surface area contributed by atoms with Crippen molar-refractivity contribution in [2.75, 3.05) is 11.5 Å². The second kappa shape index (κ2) is 6.36. The zero-order valence-electron chi connectivity index (χ0n) is 8.54. The van der Waals surface area contributed by atoms with Gasteiger partial charge in [-0.1, -0.05) is 24.6 Å². The molecule has 1 unspecified atom stereocenters.